The van der Waals surface area contributed by atoms with Crippen molar-refractivity contribution in [2.24, 2.45) is 0 Å². The van der Waals surface area contributed by atoms with Crippen molar-refractivity contribution >= 4 is 31.5 Å². The van der Waals surface area contributed by atoms with E-state index in [1.54, 1.807) is 0 Å². The van der Waals surface area contributed by atoms with Gasteiger partial charge in [-0.2, -0.15) is 0 Å². The topological polar surface area (TPSA) is 38.7 Å². The van der Waals surface area contributed by atoms with E-state index in [-0.39, 0.29) is 0 Å². The maximum absolute atomic E-state index is 5.40. The maximum Gasteiger partial charge on any atom is 0.164 e. The molecule has 268 valence electrons. The quantitative estimate of drug-likeness (QED) is 0.170. The molecular formula is C53H35N3S. The summed E-state index contributed by atoms with van der Waals surface area (Å²) in [6, 6.07) is 69.6. The van der Waals surface area contributed by atoms with Crippen molar-refractivity contribution in [3.63, 3.8) is 0 Å². The van der Waals surface area contributed by atoms with Crippen molar-refractivity contribution in [1.29, 1.82) is 0 Å². The number of nitrogens with zero attached hydrogens (tertiary/aromatic N) is 3. The van der Waals surface area contributed by atoms with Crippen LogP contribution in [0.4, 0.5) is 0 Å². The van der Waals surface area contributed by atoms with Crippen LogP contribution in [0.15, 0.2) is 194 Å². The van der Waals surface area contributed by atoms with E-state index in [0.29, 0.717) is 17.5 Å². The summed E-state index contributed by atoms with van der Waals surface area (Å²) >= 11 is 1.85. The summed E-state index contributed by atoms with van der Waals surface area (Å²) < 4.78 is 2.58. The van der Waals surface area contributed by atoms with Gasteiger partial charge in [0.1, 0.15) is 0 Å². The average molecular weight is 746 g/mol. The molecule has 3 nitrogen and oxygen atoms in total. The van der Waals surface area contributed by atoms with Crippen LogP contribution in [-0.2, 0) is 5.41 Å². The van der Waals surface area contributed by atoms with Crippen LogP contribution in [0, 0.1) is 6.92 Å². The van der Waals surface area contributed by atoms with E-state index in [1.807, 2.05) is 29.5 Å². The van der Waals surface area contributed by atoms with Gasteiger partial charge in [0.25, 0.3) is 0 Å². The van der Waals surface area contributed by atoms with Crippen LogP contribution in [0.5, 0.6) is 0 Å². The van der Waals surface area contributed by atoms with Crippen LogP contribution < -0.4 is 0 Å². The van der Waals surface area contributed by atoms with Crippen LogP contribution in [0.25, 0.3) is 76.6 Å². The number of hydrogen-bond donors (Lipinski definition) is 0. The summed E-state index contributed by atoms with van der Waals surface area (Å²) in [4.78, 5) is 15.9. The van der Waals surface area contributed by atoms with E-state index in [0.717, 1.165) is 33.4 Å². The molecule has 10 aromatic rings. The lowest BCUT2D eigenvalue weighted by Crippen LogP contribution is -2.28. The minimum absolute atomic E-state index is 0.526. The number of hydrogen-bond acceptors (Lipinski definition) is 4. The van der Waals surface area contributed by atoms with E-state index < -0.39 is 5.41 Å². The summed E-state index contributed by atoms with van der Waals surface area (Å²) in [7, 11) is 0. The molecule has 1 aliphatic rings. The lowest BCUT2D eigenvalue weighted by atomic mass is 9.67. The van der Waals surface area contributed by atoms with E-state index in [4.69, 9.17) is 15.0 Å². The van der Waals surface area contributed by atoms with Crippen LogP contribution in [0.2, 0.25) is 0 Å². The lowest BCUT2D eigenvalue weighted by Gasteiger charge is -2.33. The smallest absolute Gasteiger partial charge is 0.164 e. The molecule has 0 spiro atoms. The molecule has 0 atom stereocenters. The first-order valence-electron chi connectivity index (χ1n) is 19.4. The van der Waals surface area contributed by atoms with Gasteiger partial charge in [-0.25, -0.2) is 15.0 Å². The van der Waals surface area contributed by atoms with E-state index in [9.17, 15) is 0 Å². The van der Waals surface area contributed by atoms with Crippen molar-refractivity contribution in [2.75, 3.05) is 0 Å². The Bertz CT molecular complexity index is 3090. The maximum atomic E-state index is 5.40. The molecule has 0 amide bonds. The van der Waals surface area contributed by atoms with Crippen molar-refractivity contribution in [1.82, 2.24) is 15.0 Å². The molecule has 0 saturated heterocycles. The molecule has 4 heteroatoms. The molecular weight excluding hydrogens is 711 g/mol. The second kappa shape index (κ2) is 13.3. The predicted molar refractivity (Wildman–Crippen MR) is 237 cm³/mol. The van der Waals surface area contributed by atoms with Gasteiger partial charge < -0.3 is 0 Å². The lowest BCUT2D eigenvalue weighted by molar-refractivity contribution is 0.768. The second-order valence-electron chi connectivity index (χ2n) is 14.8. The van der Waals surface area contributed by atoms with Gasteiger partial charge in [0.15, 0.2) is 17.5 Å². The molecule has 0 aliphatic heterocycles. The molecule has 2 aromatic heterocycles. The first kappa shape index (κ1) is 33.3. The van der Waals surface area contributed by atoms with E-state index >= 15 is 0 Å². The van der Waals surface area contributed by atoms with Gasteiger partial charge in [0.05, 0.1) is 5.41 Å². The van der Waals surface area contributed by atoms with Crippen molar-refractivity contribution in [2.45, 2.75) is 12.3 Å². The first-order valence-corrected chi connectivity index (χ1v) is 20.2. The molecule has 1 aliphatic carbocycles. The Labute approximate surface area is 335 Å². The summed E-state index contributed by atoms with van der Waals surface area (Å²) in [6.07, 6.45) is 0. The molecule has 0 bridgehead atoms. The van der Waals surface area contributed by atoms with Gasteiger partial charge in [-0.05, 0) is 75.2 Å². The Kier molecular flexibility index (Phi) is 7.80. The van der Waals surface area contributed by atoms with Crippen LogP contribution >= 0.6 is 11.3 Å². The zero-order valence-electron chi connectivity index (χ0n) is 31.2. The third-order valence-corrected chi connectivity index (χ3v) is 12.7. The Morgan fingerprint density at radius 3 is 1.72 bits per heavy atom. The minimum atomic E-state index is -0.526. The van der Waals surface area contributed by atoms with Gasteiger partial charge in [-0.15, -0.1) is 11.3 Å². The Balaban J connectivity index is 1.15. The largest absolute Gasteiger partial charge is 0.208 e. The standard InChI is InChI=1S/C53H35N3S/c1-34-31-36(40-25-15-26-42-41-23-12-14-30-47(41)57-49(40)42)33-37(32-34)51-54-50(35-17-5-2-6-18-35)55-52(56-51)44-27-16-29-46-48(44)43-24-11-13-28-45(43)53(46,38-19-7-3-8-20-38)39-21-9-4-10-22-39/h2-33H,1H3. The highest BCUT2D eigenvalue weighted by molar-refractivity contribution is 7.26. The van der Waals surface area contributed by atoms with Gasteiger partial charge in [-0.1, -0.05) is 176 Å². The Morgan fingerprint density at radius 1 is 0.404 bits per heavy atom. The van der Waals surface area contributed by atoms with Gasteiger partial charge >= 0.3 is 0 Å². The zero-order valence-corrected chi connectivity index (χ0v) is 32.0. The number of benzene rings is 8. The number of aromatic nitrogens is 3. The fourth-order valence-electron chi connectivity index (χ4n) is 9.06. The molecule has 0 fully saturated rings. The van der Waals surface area contributed by atoms with Crippen molar-refractivity contribution < 1.29 is 0 Å². The van der Waals surface area contributed by atoms with Gasteiger partial charge in [-0.3, -0.25) is 0 Å². The number of aryl methyl sites for hydroxylation is 1. The Hall–Kier alpha value is -7.01. The highest BCUT2D eigenvalue weighted by Gasteiger charge is 2.47. The fourth-order valence-corrected chi connectivity index (χ4v) is 10.3. The number of fused-ring (bicyclic) bond motifs is 6. The van der Waals surface area contributed by atoms with Crippen molar-refractivity contribution in [3.05, 3.63) is 222 Å². The summed E-state index contributed by atoms with van der Waals surface area (Å²) in [5.74, 6) is 1.94. The van der Waals surface area contributed by atoms with Crippen molar-refractivity contribution in [3.8, 4) is 56.4 Å². The van der Waals surface area contributed by atoms with E-state index in [2.05, 4.69) is 183 Å². The Morgan fingerprint density at radius 2 is 0.947 bits per heavy atom. The number of thiophene rings is 1. The molecule has 8 aromatic carbocycles. The number of rotatable bonds is 6. The monoisotopic (exact) mass is 745 g/mol. The highest BCUT2D eigenvalue weighted by atomic mass is 32.1. The summed E-state index contributed by atoms with van der Waals surface area (Å²) in [6.45, 7) is 2.16. The molecule has 0 unspecified atom stereocenters. The molecule has 57 heavy (non-hydrogen) atoms. The van der Waals surface area contributed by atoms with Crippen LogP contribution in [-0.4, -0.2) is 15.0 Å². The highest BCUT2D eigenvalue weighted by Crippen LogP contribution is 2.58. The molecule has 0 saturated carbocycles. The summed E-state index contributed by atoms with van der Waals surface area (Å²) in [5, 5.41) is 2.58. The third-order valence-electron chi connectivity index (χ3n) is 11.4. The third kappa shape index (κ3) is 5.29. The molecule has 0 N–H and O–H groups in total. The molecule has 2 heterocycles. The van der Waals surface area contributed by atoms with Gasteiger partial charge in [0, 0.05) is 36.9 Å². The zero-order chi connectivity index (χ0) is 37.9. The average Bonchev–Trinajstić information content (AvgIpc) is 3.81. The fraction of sp³-hybridized carbons (Fsp3) is 0.0377. The van der Waals surface area contributed by atoms with Gasteiger partial charge in [0.2, 0.25) is 0 Å². The van der Waals surface area contributed by atoms with Crippen LogP contribution in [0.1, 0.15) is 27.8 Å². The van der Waals surface area contributed by atoms with E-state index in [1.165, 1.54) is 53.6 Å². The minimum Gasteiger partial charge on any atom is -0.208 e. The molecule has 0 radical (unpaired) electrons. The molecule has 11 rings (SSSR count). The second-order valence-corrected chi connectivity index (χ2v) is 15.8. The first-order chi connectivity index (χ1) is 28.2. The normalized spacial score (nSPS) is 12.8. The summed E-state index contributed by atoms with van der Waals surface area (Å²) in [5.41, 5.74) is 13.1. The SMILES string of the molecule is Cc1cc(-c2nc(-c3ccccc3)nc(-c3cccc4c3-c3ccccc3C4(c3ccccc3)c3ccccc3)n2)cc(-c2cccc3c2sc2ccccc23)c1. The van der Waals surface area contributed by atoms with Crippen LogP contribution in [0.3, 0.4) is 0 Å². The predicted octanol–water partition coefficient (Wildman–Crippen LogP) is 13.6.